The number of nitrogens with two attached hydrogens (primary N) is 1. The van der Waals surface area contributed by atoms with Crippen molar-refractivity contribution in [3.63, 3.8) is 0 Å². The summed E-state index contributed by atoms with van der Waals surface area (Å²) in [6.07, 6.45) is 5.30. The van der Waals surface area contributed by atoms with Gasteiger partial charge in [0, 0.05) is 12.1 Å². The molecule has 0 unspecified atom stereocenters. The molecule has 1 aromatic rings. The van der Waals surface area contributed by atoms with Gasteiger partial charge >= 0.3 is 0 Å². The fourth-order valence-corrected chi connectivity index (χ4v) is 2.42. The molecule has 1 aliphatic rings. The van der Waals surface area contributed by atoms with Crippen LogP contribution in [0.3, 0.4) is 0 Å². The zero-order valence-electron chi connectivity index (χ0n) is 11.6. The van der Waals surface area contributed by atoms with Crippen LogP contribution in [0.2, 0.25) is 0 Å². The van der Waals surface area contributed by atoms with Crippen LogP contribution in [0.15, 0.2) is 23.3 Å². The third-order valence-electron chi connectivity index (χ3n) is 3.36. The van der Waals surface area contributed by atoms with Gasteiger partial charge in [-0.15, -0.1) is 0 Å². The van der Waals surface area contributed by atoms with E-state index in [2.05, 4.69) is 23.0 Å². The maximum Gasteiger partial charge on any atom is 0.123 e. The number of hydrogen-bond donors (Lipinski definition) is 1. The molecule has 4 nitrogen and oxygen atoms in total. The first kappa shape index (κ1) is 13.9. The van der Waals surface area contributed by atoms with Crippen LogP contribution in [0.5, 0.6) is 5.75 Å². The van der Waals surface area contributed by atoms with E-state index in [1.165, 1.54) is 31.5 Å². The number of likely N-dealkylation sites (tertiary alicyclic amines) is 1. The lowest BCUT2D eigenvalue weighted by Crippen LogP contribution is -2.19. The molecule has 0 bridgehead atoms. The van der Waals surface area contributed by atoms with E-state index >= 15 is 0 Å². The Morgan fingerprint density at radius 2 is 2.16 bits per heavy atom. The molecule has 1 aromatic carbocycles. The van der Waals surface area contributed by atoms with Crippen LogP contribution >= 0.6 is 0 Å². The smallest absolute Gasteiger partial charge is 0.123 e. The molecule has 1 aliphatic heterocycles. The van der Waals surface area contributed by atoms with Crippen LogP contribution in [0.25, 0.3) is 0 Å². The molecule has 0 atom stereocenters. The highest BCUT2D eigenvalue weighted by atomic mass is 16.5. The monoisotopic (exact) mass is 261 g/mol. The topological polar surface area (TPSA) is 50.9 Å². The van der Waals surface area contributed by atoms with Gasteiger partial charge in [-0.1, -0.05) is 6.92 Å². The Morgan fingerprint density at radius 3 is 2.84 bits per heavy atom. The molecule has 0 aliphatic carbocycles. The van der Waals surface area contributed by atoms with Crippen molar-refractivity contribution in [3.8, 4) is 5.75 Å². The highest BCUT2D eigenvalue weighted by molar-refractivity contribution is 5.80. The summed E-state index contributed by atoms with van der Waals surface area (Å²) in [4.78, 5) is 2.47. The maximum atomic E-state index is 5.83. The van der Waals surface area contributed by atoms with Gasteiger partial charge in [0.05, 0.1) is 12.8 Å². The Labute approximate surface area is 115 Å². The van der Waals surface area contributed by atoms with Crippen LogP contribution in [-0.4, -0.2) is 30.8 Å². The highest BCUT2D eigenvalue weighted by Crippen LogP contribution is 2.23. The largest absolute Gasteiger partial charge is 0.493 e. The zero-order chi connectivity index (χ0) is 13.5. The fourth-order valence-electron chi connectivity index (χ4n) is 2.42. The summed E-state index contributed by atoms with van der Waals surface area (Å²) in [7, 11) is 0. The number of rotatable bonds is 6. The van der Waals surface area contributed by atoms with Crippen LogP contribution in [0.4, 0.5) is 0 Å². The first-order valence-electron chi connectivity index (χ1n) is 7.05. The SMILES string of the molecule is CCCOc1ccc(C=NN)cc1CN1CCCC1. The van der Waals surface area contributed by atoms with Crippen molar-refractivity contribution < 1.29 is 4.74 Å². The molecule has 4 heteroatoms. The van der Waals surface area contributed by atoms with Crippen molar-refractivity contribution in [1.82, 2.24) is 4.90 Å². The third kappa shape index (κ3) is 3.96. The van der Waals surface area contributed by atoms with Crippen molar-refractivity contribution in [2.45, 2.75) is 32.7 Å². The average Bonchev–Trinajstić information content (AvgIpc) is 2.91. The van der Waals surface area contributed by atoms with Gasteiger partial charge in [0.1, 0.15) is 5.75 Å². The molecule has 19 heavy (non-hydrogen) atoms. The zero-order valence-corrected chi connectivity index (χ0v) is 11.6. The summed E-state index contributed by atoms with van der Waals surface area (Å²) in [5.74, 6) is 6.21. The second-order valence-electron chi connectivity index (χ2n) is 4.98. The van der Waals surface area contributed by atoms with Gasteiger partial charge in [-0.25, -0.2) is 0 Å². The molecule has 0 saturated carbocycles. The van der Waals surface area contributed by atoms with Crippen LogP contribution < -0.4 is 10.6 Å². The normalized spacial score (nSPS) is 16.3. The molecule has 0 radical (unpaired) electrons. The molecule has 1 heterocycles. The van der Waals surface area contributed by atoms with E-state index in [0.717, 1.165) is 30.9 Å². The second kappa shape index (κ2) is 7.14. The molecule has 1 saturated heterocycles. The first-order chi connectivity index (χ1) is 9.33. The lowest BCUT2D eigenvalue weighted by molar-refractivity contribution is 0.293. The summed E-state index contributed by atoms with van der Waals surface area (Å²) in [5.41, 5.74) is 2.26. The molecule has 0 spiro atoms. The van der Waals surface area contributed by atoms with Gasteiger partial charge in [-0.2, -0.15) is 5.10 Å². The van der Waals surface area contributed by atoms with Crippen molar-refractivity contribution in [2.75, 3.05) is 19.7 Å². The number of hydrazone groups is 1. The minimum absolute atomic E-state index is 0.761. The Kier molecular flexibility index (Phi) is 5.21. The van der Waals surface area contributed by atoms with E-state index in [4.69, 9.17) is 10.6 Å². The van der Waals surface area contributed by atoms with Crippen molar-refractivity contribution in [1.29, 1.82) is 0 Å². The minimum Gasteiger partial charge on any atom is -0.493 e. The number of hydrogen-bond acceptors (Lipinski definition) is 4. The van der Waals surface area contributed by atoms with Gasteiger partial charge in [0.25, 0.3) is 0 Å². The maximum absolute atomic E-state index is 5.83. The van der Waals surface area contributed by atoms with Crippen molar-refractivity contribution in [2.24, 2.45) is 10.9 Å². The quantitative estimate of drug-likeness (QED) is 0.486. The number of ether oxygens (including phenoxy) is 1. The molecule has 2 rings (SSSR count). The second-order valence-corrected chi connectivity index (χ2v) is 4.98. The van der Waals surface area contributed by atoms with E-state index in [9.17, 15) is 0 Å². The Hall–Kier alpha value is -1.55. The van der Waals surface area contributed by atoms with Gasteiger partial charge in [0.2, 0.25) is 0 Å². The molecular weight excluding hydrogens is 238 g/mol. The summed E-state index contributed by atoms with van der Waals surface area (Å²) in [6, 6.07) is 6.15. The van der Waals surface area contributed by atoms with Crippen LogP contribution in [0.1, 0.15) is 37.3 Å². The fraction of sp³-hybridized carbons (Fsp3) is 0.533. The Morgan fingerprint density at radius 1 is 1.37 bits per heavy atom. The summed E-state index contributed by atoms with van der Waals surface area (Å²) in [5, 5.41) is 3.59. The summed E-state index contributed by atoms with van der Waals surface area (Å²) in [6.45, 7) is 6.20. The molecule has 0 aromatic heterocycles. The van der Waals surface area contributed by atoms with Gasteiger partial charge in [0.15, 0.2) is 0 Å². The van der Waals surface area contributed by atoms with E-state index in [1.54, 1.807) is 6.21 Å². The van der Waals surface area contributed by atoms with E-state index in [0.29, 0.717) is 0 Å². The van der Waals surface area contributed by atoms with Gasteiger partial charge in [-0.3, -0.25) is 4.90 Å². The van der Waals surface area contributed by atoms with Crippen molar-refractivity contribution in [3.05, 3.63) is 29.3 Å². The van der Waals surface area contributed by atoms with Crippen molar-refractivity contribution >= 4 is 6.21 Å². The molecule has 1 fully saturated rings. The van der Waals surface area contributed by atoms with E-state index in [1.807, 2.05) is 12.1 Å². The molecule has 2 N–H and O–H groups in total. The first-order valence-corrected chi connectivity index (χ1v) is 7.05. The summed E-state index contributed by atoms with van der Waals surface area (Å²) < 4.78 is 5.83. The number of benzene rings is 1. The van der Waals surface area contributed by atoms with Crippen LogP contribution in [0, 0.1) is 0 Å². The van der Waals surface area contributed by atoms with Gasteiger partial charge in [-0.05, 0) is 56.1 Å². The Bertz CT molecular complexity index is 425. The lowest BCUT2D eigenvalue weighted by Gasteiger charge is -2.18. The average molecular weight is 261 g/mol. The lowest BCUT2D eigenvalue weighted by atomic mass is 10.1. The third-order valence-corrected chi connectivity index (χ3v) is 3.36. The highest BCUT2D eigenvalue weighted by Gasteiger charge is 2.14. The number of nitrogens with zero attached hydrogens (tertiary/aromatic N) is 2. The molecule has 104 valence electrons. The van der Waals surface area contributed by atoms with Crippen LogP contribution in [-0.2, 0) is 6.54 Å². The van der Waals surface area contributed by atoms with E-state index in [-0.39, 0.29) is 0 Å². The standard InChI is InChI=1S/C15H23N3O/c1-2-9-19-15-6-5-13(11-17-16)10-14(15)12-18-7-3-4-8-18/h5-6,10-11H,2-4,7-9,12,16H2,1H3. The predicted octanol–water partition coefficient (Wildman–Crippen LogP) is 2.36. The Balaban J connectivity index is 2.15. The molecule has 0 amide bonds. The van der Waals surface area contributed by atoms with E-state index < -0.39 is 0 Å². The predicted molar refractivity (Wildman–Crippen MR) is 78.5 cm³/mol. The molecular formula is C15H23N3O. The summed E-state index contributed by atoms with van der Waals surface area (Å²) >= 11 is 0. The minimum atomic E-state index is 0.761. The van der Waals surface area contributed by atoms with Gasteiger partial charge < -0.3 is 10.6 Å².